The Labute approximate surface area is 187 Å². The number of amides is 2. The minimum atomic E-state index is -0.841. The third-order valence-electron chi connectivity index (χ3n) is 4.45. The highest BCUT2D eigenvalue weighted by atomic mass is 16.6. The summed E-state index contributed by atoms with van der Waals surface area (Å²) < 4.78 is 5.20. The molecule has 0 saturated carbocycles. The van der Waals surface area contributed by atoms with Crippen molar-refractivity contribution in [2.45, 2.75) is 6.54 Å². The molecular weight excluding hydrogens is 432 g/mol. The summed E-state index contributed by atoms with van der Waals surface area (Å²) in [6, 6.07) is 18.5. The first-order valence-electron chi connectivity index (χ1n) is 9.62. The van der Waals surface area contributed by atoms with Gasteiger partial charge in [0.2, 0.25) is 0 Å². The normalized spacial score (nSPS) is 10.2. The number of nitrogens with one attached hydrogen (secondary N) is 2. The number of para-hydroxylation sites is 1. The van der Waals surface area contributed by atoms with Gasteiger partial charge in [-0.25, -0.2) is 0 Å². The minimum absolute atomic E-state index is 0.225. The Morgan fingerprint density at radius 3 is 2.27 bits per heavy atom. The van der Waals surface area contributed by atoms with Crippen LogP contribution in [0, 0.1) is 20.2 Å². The number of benzene rings is 3. The number of ether oxygens (including phenoxy) is 1. The largest absolute Gasteiger partial charge is 0.477 e. The number of rotatable bonds is 9. The maximum absolute atomic E-state index is 12.6. The summed E-state index contributed by atoms with van der Waals surface area (Å²) in [7, 11) is 0. The summed E-state index contributed by atoms with van der Waals surface area (Å²) in [6.07, 6.45) is 0. The molecule has 0 aliphatic rings. The molecule has 0 heterocycles. The van der Waals surface area contributed by atoms with Gasteiger partial charge in [-0.05, 0) is 23.8 Å². The van der Waals surface area contributed by atoms with Gasteiger partial charge < -0.3 is 15.4 Å². The number of anilines is 1. The minimum Gasteiger partial charge on any atom is -0.477 e. The van der Waals surface area contributed by atoms with Crippen molar-refractivity contribution in [2.75, 3.05) is 11.9 Å². The van der Waals surface area contributed by atoms with E-state index in [9.17, 15) is 29.8 Å². The molecule has 0 radical (unpaired) electrons. The van der Waals surface area contributed by atoms with Crippen molar-refractivity contribution in [3.63, 3.8) is 0 Å². The molecule has 0 atom stereocenters. The molecular formula is C22H18N4O7. The van der Waals surface area contributed by atoms with Gasteiger partial charge in [-0.3, -0.25) is 29.8 Å². The van der Waals surface area contributed by atoms with Gasteiger partial charge in [0.25, 0.3) is 17.5 Å². The quantitative estimate of drug-likeness (QED) is 0.374. The van der Waals surface area contributed by atoms with Crippen molar-refractivity contribution in [3.05, 3.63) is 104 Å². The van der Waals surface area contributed by atoms with Crippen LogP contribution in [0.5, 0.6) is 5.75 Å². The van der Waals surface area contributed by atoms with E-state index in [4.69, 9.17) is 4.74 Å². The average Bonchev–Trinajstić information content (AvgIpc) is 2.82. The van der Waals surface area contributed by atoms with Crippen LogP contribution in [-0.4, -0.2) is 28.3 Å². The monoisotopic (exact) mass is 450 g/mol. The summed E-state index contributed by atoms with van der Waals surface area (Å²) in [6.45, 7) is -0.312. The number of hydrogen-bond donors (Lipinski definition) is 2. The van der Waals surface area contributed by atoms with Crippen molar-refractivity contribution >= 4 is 28.9 Å². The van der Waals surface area contributed by atoms with Gasteiger partial charge in [0, 0.05) is 12.6 Å². The van der Waals surface area contributed by atoms with Crippen LogP contribution >= 0.6 is 0 Å². The van der Waals surface area contributed by atoms with Crippen molar-refractivity contribution in [2.24, 2.45) is 0 Å². The van der Waals surface area contributed by atoms with Crippen molar-refractivity contribution in [1.29, 1.82) is 0 Å². The van der Waals surface area contributed by atoms with E-state index in [1.807, 2.05) is 30.3 Å². The van der Waals surface area contributed by atoms with Gasteiger partial charge in [0.15, 0.2) is 12.4 Å². The lowest BCUT2D eigenvalue weighted by Crippen LogP contribution is -2.26. The Hall–Kier alpha value is -4.80. The van der Waals surface area contributed by atoms with E-state index in [0.717, 1.165) is 23.8 Å². The zero-order valence-electron chi connectivity index (χ0n) is 17.1. The highest BCUT2D eigenvalue weighted by molar-refractivity contribution is 6.04. The molecule has 0 bridgehead atoms. The Morgan fingerprint density at radius 2 is 1.58 bits per heavy atom. The van der Waals surface area contributed by atoms with E-state index in [0.29, 0.717) is 6.54 Å². The zero-order valence-corrected chi connectivity index (χ0v) is 17.1. The molecule has 0 unspecified atom stereocenters. The van der Waals surface area contributed by atoms with Crippen LogP contribution in [0.2, 0.25) is 0 Å². The number of carbonyl (C=O) groups excluding carboxylic acids is 2. The van der Waals surface area contributed by atoms with Crippen molar-refractivity contribution in [1.82, 2.24) is 5.32 Å². The molecule has 3 rings (SSSR count). The fourth-order valence-electron chi connectivity index (χ4n) is 2.88. The van der Waals surface area contributed by atoms with Crippen LogP contribution in [-0.2, 0) is 11.3 Å². The van der Waals surface area contributed by atoms with Crippen LogP contribution in [0.25, 0.3) is 0 Å². The second-order valence-corrected chi connectivity index (χ2v) is 6.72. The third kappa shape index (κ3) is 6.10. The average molecular weight is 450 g/mol. The van der Waals surface area contributed by atoms with E-state index >= 15 is 0 Å². The number of nitrogens with zero attached hydrogens (tertiary/aromatic N) is 2. The van der Waals surface area contributed by atoms with E-state index in [1.165, 1.54) is 12.1 Å². The maximum Gasteiger partial charge on any atom is 0.317 e. The van der Waals surface area contributed by atoms with Crippen LogP contribution in [0.15, 0.2) is 72.8 Å². The summed E-state index contributed by atoms with van der Waals surface area (Å²) in [5, 5.41) is 27.3. The SMILES string of the molecule is O=C(COc1ccc([N+](=O)[O-])cc1[N+](=O)[O-])Nc1ccccc1C(=O)NCc1ccccc1. The molecule has 3 aromatic rings. The number of non-ortho nitro benzene ring substituents is 1. The molecule has 0 aliphatic carbocycles. The maximum atomic E-state index is 12.6. The molecule has 0 aromatic heterocycles. The Balaban J connectivity index is 1.65. The van der Waals surface area contributed by atoms with Gasteiger partial charge in [-0.2, -0.15) is 0 Å². The molecule has 2 N–H and O–H groups in total. The predicted molar refractivity (Wildman–Crippen MR) is 118 cm³/mol. The second-order valence-electron chi connectivity index (χ2n) is 6.72. The van der Waals surface area contributed by atoms with Crippen LogP contribution in [0.1, 0.15) is 15.9 Å². The smallest absolute Gasteiger partial charge is 0.317 e. The highest BCUT2D eigenvalue weighted by Gasteiger charge is 2.21. The van der Waals surface area contributed by atoms with E-state index < -0.39 is 39.6 Å². The number of nitro benzene ring substituents is 2. The molecule has 0 saturated heterocycles. The Morgan fingerprint density at radius 1 is 0.879 bits per heavy atom. The summed E-state index contributed by atoms with van der Waals surface area (Å²) >= 11 is 0. The number of nitro groups is 2. The molecule has 33 heavy (non-hydrogen) atoms. The molecule has 0 fully saturated rings. The molecule has 11 nitrogen and oxygen atoms in total. The molecule has 3 aromatic carbocycles. The van der Waals surface area contributed by atoms with Gasteiger partial charge in [-0.1, -0.05) is 42.5 Å². The summed E-state index contributed by atoms with van der Waals surface area (Å²) in [5.74, 6) is -1.37. The number of carbonyl (C=O) groups is 2. The lowest BCUT2D eigenvalue weighted by molar-refractivity contribution is -0.394. The molecule has 168 valence electrons. The Bertz CT molecular complexity index is 1200. The fourth-order valence-corrected chi connectivity index (χ4v) is 2.88. The van der Waals surface area contributed by atoms with Gasteiger partial charge in [0.1, 0.15) is 0 Å². The molecule has 2 amide bonds. The number of hydrogen-bond acceptors (Lipinski definition) is 7. The van der Waals surface area contributed by atoms with Crippen LogP contribution < -0.4 is 15.4 Å². The fraction of sp³-hybridized carbons (Fsp3) is 0.0909. The van der Waals surface area contributed by atoms with Crippen LogP contribution in [0.3, 0.4) is 0 Å². The van der Waals surface area contributed by atoms with E-state index in [2.05, 4.69) is 10.6 Å². The second kappa shape index (κ2) is 10.5. The Kier molecular flexibility index (Phi) is 7.27. The first-order chi connectivity index (χ1) is 15.8. The zero-order chi connectivity index (χ0) is 23.8. The topological polar surface area (TPSA) is 154 Å². The molecule has 0 aliphatic heterocycles. The first-order valence-corrected chi connectivity index (χ1v) is 9.62. The van der Waals surface area contributed by atoms with Gasteiger partial charge >= 0.3 is 5.69 Å². The predicted octanol–water partition coefficient (Wildman–Crippen LogP) is 3.45. The summed E-state index contributed by atoms with van der Waals surface area (Å²) in [5.41, 5.74) is 0.245. The van der Waals surface area contributed by atoms with Crippen molar-refractivity contribution < 1.29 is 24.2 Å². The van der Waals surface area contributed by atoms with Gasteiger partial charge in [0.05, 0.1) is 27.2 Å². The lowest BCUT2D eigenvalue weighted by Gasteiger charge is -2.12. The first kappa shape index (κ1) is 22.9. The van der Waals surface area contributed by atoms with Gasteiger partial charge in [-0.15, -0.1) is 0 Å². The molecule has 0 spiro atoms. The third-order valence-corrected chi connectivity index (χ3v) is 4.45. The lowest BCUT2D eigenvalue weighted by atomic mass is 10.1. The summed E-state index contributed by atoms with van der Waals surface area (Å²) in [4.78, 5) is 45.3. The van der Waals surface area contributed by atoms with E-state index in [-0.39, 0.29) is 17.0 Å². The highest BCUT2D eigenvalue weighted by Crippen LogP contribution is 2.31. The van der Waals surface area contributed by atoms with E-state index in [1.54, 1.807) is 12.1 Å². The van der Waals surface area contributed by atoms with Crippen molar-refractivity contribution in [3.8, 4) is 5.75 Å². The standard InChI is InChI=1S/C22H18N4O7/c27-21(14-33-20-11-10-16(25(29)30)12-19(20)26(31)32)24-18-9-5-4-8-17(18)22(28)23-13-15-6-2-1-3-7-15/h1-12H,13-14H2,(H,23,28)(H,24,27). The van der Waals surface area contributed by atoms with Crippen LogP contribution in [0.4, 0.5) is 17.1 Å². The molecule has 11 heteroatoms.